The molecule has 0 fully saturated rings. The molecule has 0 aromatic carbocycles. The molecule has 4 nitrogen and oxygen atoms in total. The predicted octanol–water partition coefficient (Wildman–Crippen LogP) is 5.35. The first-order valence-electron chi connectivity index (χ1n) is 8.52. The van der Waals surface area contributed by atoms with E-state index in [1.165, 1.54) is 31.9 Å². The Hall–Kier alpha value is 0.902. The molecule has 25 heavy (non-hydrogen) atoms. The van der Waals surface area contributed by atoms with Crippen LogP contribution in [0.15, 0.2) is 4.52 Å². The number of nitrogens with zero attached hydrogens (tertiary/aromatic N) is 2. The summed E-state index contributed by atoms with van der Waals surface area (Å²) in [6.07, 6.45) is 6.78. The Morgan fingerprint density at radius 2 is 1.68 bits per heavy atom. The molecule has 1 aliphatic rings. The third-order valence-corrected chi connectivity index (χ3v) is 2.86. The molecular formula is C18H37N2O2PWY-2. The number of hydrogen-bond acceptors (Lipinski definition) is 3. The summed E-state index contributed by atoms with van der Waals surface area (Å²) in [6.45, 7) is 13.2. The second-order valence-corrected chi connectivity index (χ2v) is 4.56. The average molecular weight is 617 g/mol. The van der Waals surface area contributed by atoms with Crippen LogP contribution in [-0.4, -0.2) is 18.1 Å². The van der Waals surface area contributed by atoms with E-state index in [9.17, 15) is 4.79 Å². The van der Waals surface area contributed by atoms with Crippen LogP contribution in [0.1, 0.15) is 77.3 Å². The van der Waals surface area contributed by atoms with Gasteiger partial charge in [-0.15, -0.1) is 7.05 Å². The summed E-state index contributed by atoms with van der Waals surface area (Å²) in [7, 11) is 1.53. The molecule has 0 aliphatic heterocycles. The smallest absolute Gasteiger partial charge is 0.140 e. The minimum atomic E-state index is -0.0671. The molecule has 2 rings (SSSR count). The van der Waals surface area contributed by atoms with Gasteiger partial charge in [0, 0.05) is 65.8 Å². The van der Waals surface area contributed by atoms with E-state index in [2.05, 4.69) is 31.2 Å². The summed E-state index contributed by atoms with van der Waals surface area (Å²) >= 11 is 0. The van der Waals surface area contributed by atoms with Crippen LogP contribution in [0.25, 0.3) is 5.32 Å². The van der Waals surface area contributed by atoms with Crippen LogP contribution in [0, 0.1) is 6.92 Å². The van der Waals surface area contributed by atoms with Crippen molar-refractivity contribution >= 4 is 15.8 Å². The molecule has 0 spiro atoms. The minimum absolute atomic E-state index is 0. The van der Waals surface area contributed by atoms with Crippen molar-refractivity contribution < 1.29 is 63.1 Å². The van der Waals surface area contributed by atoms with Gasteiger partial charge in [0.1, 0.15) is 5.76 Å². The van der Waals surface area contributed by atoms with Gasteiger partial charge < -0.3 is 21.6 Å². The molecular weight excluding hydrogens is 580 g/mol. The number of hydrogen-bond donors (Lipinski definition) is 0. The van der Waals surface area contributed by atoms with Crippen LogP contribution in [0.5, 0.6) is 0 Å². The average Bonchev–Trinajstić information content (AvgIpc) is 3.00. The standard InChI is InChI=1S/C11H16N2O2.C3H8.C2H6.C2H5.H3P.W.Y/c1-12-11(14)7-6-9-8-4-2-3-5-10(8)15-13-9;1-3-2;2*1-2;;;/h2-7H2,1H3,(H,12,14);3H2,1-2H3;1-2H3;1H2,2H3;1H3;;/q;;;-1;;;/p-1. The van der Waals surface area contributed by atoms with Crippen molar-refractivity contribution in [3.63, 3.8) is 0 Å². The zero-order valence-corrected chi connectivity index (χ0v) is 24.2. The van der Waals surface area contributed by atoms with E-state index in [1.54, 1.807) is 6.92 Å². The number of aryl methyl sites for hydroxylation is 2. The first-order chi connectivity index (χ1) is 10.7. The summed E-state index contributed by atoms with van der Waals surface area (Å²) in [5.41, 5.74) is 2.20. The number of amides is 1. The Balaban J connectivity index is -0.000000119. The van der Waals surface area contributed by atoms with Gasteiger partial charge in [0.15, 0.2) is 0 Å². The molecule has 0 saturated heterocycles. The van der Waals surface area contributed by atoms with E-state index >= 15 is 0 Å². The van der Waals surface area contributed by atoms with Crippen molar-refractivity contribution in [1.82, 2.24) is 5.16 Å². The van der Waals surface area contributed by atoms with Crippen molar-refractivity contribution in [3.05, 3.63) is 29.3 Å². The van der Waals surface area contributed by atoms with Gasteiger partial charge in [-0.2, -0.15) is 16.8 Å². The van der Waals surface area contributed by atoms with Crippen molar-refractivity contribution in [2.45, 2.75) is 79.6 Å². The SMILES string of the molecule is CC.CCC.C[N-]C(=O)CCc1noc2c1CCCC2.P.[CH2-]C.[W].[Y]. The first kappa shape index (κ1) is 36.8. The Morgan fingerprint density at radius 3 is 2.16 bits per heavy atom. The van der Waals surface area contributed by atoms with E-state index in [1.807, 2.05) is 13.8 Å². The Morgan fingerprint density at radius 1 is 1.20 bits per heavy atom. The van der Waals surface area contributed by atoms with Gasteiger partial charge in [-0.3, -0.25) is 0 Å². The predicted molar refractivity (Wildman–Crippen MR) is 105 cm³/mol. The van der Waals surface area contributed by atoms with Gasteiger partial charge in [0.05, 0.1) is 11.6 Å². The molecule has 1 aromatic heterocycles. The number of carbonyl (C=O) groups is 1. The number of rotatable bonds is 3. The van der Waals surface area contributed by atoms with Crippen LogP contribution in [0.4, 0.5) is 0 Å². The molecule has 1 aromatic rings. The van der Waals surface area contributed by atoms with E-state index in [0.29, 0.717) is 12.8 Å². The quantitative estimate of drug-likeness (QED) is 0.340. The van der Waals surface area contributed by atoms with Gasteiger partial charge in [0.25, 0.3) is 0 Å². The van der Waals surface area contributed by atoms with Gasteiger partial charge >= 0.3 is 0 Å². The molecule has 1 radical (unpaired) electrons. The molecule has 147 valence electrons. The maximum Gasteiger partial charge on any atom is 0.140 e. The summed E-state index contributed by atoms with van der Waals surface area (Å²) < 4.78 is 5.26. The first-order valence-corrected chi connectivity index (χ1v) is 8.52. The molecule has 0 bridgehead atoms. The van der Waals surface area contributed by atoms with E-state index in [-0.39, 0.29) is 69.6 Å². The molecule has 1 heterocycles. The van der Waals surface area contributed by atoms with Crippen LogP contribution in [0.2, 0.25) is 0 Å². The Bertz CT molecular complexity index is 391. The zero-order chi connectivity index (χ0) is 17.4. The van der Waals surface area contributed by atoms with Crippen molar-refractivity contribution in [2.75, 3.05) is 7.05 Å². The second kappa shape index (κ2) is 27.1. The monoisotopic (exact) mass is 617 g/mol. The normalized spacial score (nSPS) is 10.0. The number of carbonyl (C=O) groups excluding carboxylic acids is 1. The number of aromatic nitrogens is 1. The summed E-state index contributed by atoms with van der Waals surface area (Å²) in [6, 6.07) is 0. The van der Waals surface area contributed by atoms with Crippen LogP contribution >= 0.6 is 9.90 Å². The maximum atomic E-state index is 11.1. The topological polar surface area (TPSA) is 57.2 Å². The fourth-order valence-electron chi connectivity index (χ4n) is 1.98. The van der Waals surface area contributed by atoms with Gasteiger partial charge in [-0.1, -0.05) is 39.3 Å². The molecule has 1 atom stereocenters. The molecule has 1 aliphatic carbocycles. The Kier molecular flexibility index (Phi) is 39.9. The fraction of sp³-hybridized carbons (Fsp3) is 0.722. The van der Waals surface area contributed by atoms with Crippen molar-refractivity contribution in [3.8, 4) is 0 Å². The minimum Gasteiger partial charge on any atom is -0.656 e. The van der Waals surface area contributed by atoms with E-state index in [0.717, 1.165) is 24.3 Å². The largest absolute Gasteiger partial charge is 0.656 e. The molecule has 0 saturated carbocycles. The summed E-state index contributed by atoms with van der Waals surface area (Å²) in [5.74, 6) is 0.958. The molecule has 1 unspecified atom stereocenters. The third kappa shape index (κ3) is 16.8. The third-order valence-electron chi connectivity index (χ3n) is 2.86. The van der Waals surface area contributed by atoms with E-state index in [4.69, 9.17) is 4.52 Å². The molecule has 7 heteroatoms. The van der Waals surface area contributed by atoms with Crippen LogP contribution in [-0.2, 0) is 77.8 Å². The Labute approximate surface area is 198 Å². The molecule has 1 amide bonds. The maximum absolute atomic E-state index is 11.1. The van der Waals surface area contributed by atoms with E-state index < -0.39 is 0 Å². The van der Waals surface area contributed by atoms with Gasteiger partial charge in [0.2, 0.25) is 0 Å². The second-order valence-electron chi connectivity index (χ2n) is 4.56. The summed E-state index contributed by atoms with van der Waals surface area (Å²) in [4.78, 5) is 11.1. The van der Waals surface area contributed by atoms with Gasteiger partial charge in [-0.25, -0.2) is 0 Å². The van der Waals surface area contributed by atoms with Crippen molar-refractivity contribution in [1.29, 1.82) is 0 Å². The number of fused-ring (bicyclic) bond motifs is 1. The fourth-order valence-corrected chi connectivity index (χ4v) is 1.98. The van der Waals surface area contributed by atoms with Crippen molar-refractivity contribution in [2.24, 2.45) is 0 Å². The van der Waals surface area contributed by atoms with Gasteiger partial charge in [-0.05, 0) is 32.1 Å². The zero-order valence-electron chi connectivity index (χ0n) is 17.1. The van der Waals surface area contributed by atoms with Crippen LogP contribution in [0.3, 0.4) is 0 Å². The molecule has 0 N–H and O–H groups in total. The summed E-state index contributed by atoms with van der Waals surface area (Å²) in [5, 5.41) is 7.64. The van der Waals surface area contributed by atoms with Crippen LogP contribution < -0.4 is 0 Å².